The zero-order chi connectivity index (χ0) is 6.53. The number of quaternary nitrogens is 1. The Morgan fingerprint density at radius 1 is 1.44 bits per heavy atom. The topological polar surface area (TPSA) is 25.8 Å². The lowest BCUT2D eigenvalue weighted by Crippen LogP contribution is -2.86. The maximum atomic E-state index is 5.37. The third kappa shape index (κ3) is 3.06. The summed E-state index contributed by atoms with van der Waals surface area (Å²) >= 11 is 2.17. The van der Waals surface area contributed by atoms with Gasteiger partial charge >= 0.3 is 0 Å². The van der Waals surface area contributed by atoms with Crippen LogP contribution in [0.5, 0.6) is 0 Å². The van der Waals surface area contributed by atoms with Gasteiger partial charge in [0.25, 0.3) is 0 Å². The Hall–Kier alpha value is 1.00. The first-order valence-electron chi connectivity index (χ1n) is 3.19. The molecule has 0 spiro atoms. The highest BCUT2D eigenvalue weighted by atomic mass is 127. The Morgan fingerprint density at radius 3 is 2.67 bits per heavy atom. The van der Waals surface area contributed by atoms with Gasteiger partial charge in [0.2, 0.25) is 0 Å². The summed E-state index contributed by atoms with van der Waals surface area (Å²) in [5.41, 5.74) is 0. The highest BCUT2D eigenvalue weighted by Crippen LogP contribution is 2.19. The second kappa shape index (κ2) is 4.76. The lowest BCUT2D eigenvalue weighted by Gasteiger charge is -2.17. The molecular formula is C5H11INOS+. The fraction of sp³-hybridized carbons (Fsp3) is 1.00. The molecule has 0 atom stereocenters. The van der Waals surface area contributed by atoms with Crippen molar-refractivity contribution in [2.24, 2.45) is 0 Å². The van der Waals surface area contributed by atoms with E-state index in [-0.39, 0.29) is 0 Å². The smallest absolute Gasteiger partial charge is 0.0838 e. The van der Waals surface area contributed by atoms with E-state index in [2.05, 4.69) is 26.5 Å². The third-order valence-electron chi connectivity index (χ3n) is 1.56. The van der Waals surface area contributed by atoms with E-state index >= 15 is 0 Å². The monoisotopic (exact) mass is 260 g/mol. The van der Waals surface area contributed by atoms with Gasteiger partial charge in [-0.05, 0) is 0 Å². The summed E-state index contributed by atoms with van der Waals surface area (Å²) in [5.74, 6) is 0. The van der Waals surface area contributed by atoms with Crippen LogP contribution in [0.1, 0.15) is 12.8 Å². The first-order chi connectivity index (χ1) is 4.43. The second-order valence-electron chi connectivity index (χ2n) is 2.22. The maximum Gasteiger partial charge on any atom is 0.0838 e. The van der Waals surface area contributed by atoms with E-state index in [0.717, 1.165) is 0 Å². The highest BCUT2D eigenvalue weighted by Gasteiger charge is 2.15. The molecule has 1 rings (SSSR count). The normalized spacial score (nSPS) is 22.3. The molecule has 9 heavy (non-hydrogen) atoms. The van der Waals surface area contributed by atoms with Crippen molar-refractivity contribution in [3.05, 3.63) is 0 Å². The van der Waals surface area contributed by atoms with Gasteiger partial charge in [-0.25, -0.2) is 0 Å². The Kier molecular flexibility index (Phi) is 4.28. The van der Waals surface area contributed by atoms with E-state index < -0.39 is 0 Å². The average molecular weight is 260 g/mol. The van der Waals surface area contributed by atoms with Crippen LogP contribution in [0.3, 0.4) is 0 Å². The van der Waals surface area contributed by atoms with Crippen molar-refractivity contribution >= 4 is 30.4 Å². The minimum atomic E-state index is 0.525. The fourth-order valence-corrected chi connectivity index (χ4v) is 2.22. The van der Waals surface area contributed by atoms with Crippen molar-refractivity contribution in [3.8, 4) is 0 Å². The summed E-state index contributed by atoms with van der Waals surface area (Å²) in [6.45, 7) is 2.48. The Balaban J connectivity index is 2.08. The Labute approximate surface area is 71.9 Å². The Morgan fingerprint density at radius 2 is 2.11 bits per heavy atom. The predicted octanol–water partition coefficient (Wildman–Crippen LogP) is 0.727. The summed E-state index contributed by atoms with van der Waals surface area (Å²) < 4.78 is 5.37. The van der Waals surface area contributed by atoms with E-state index in [0.29, 0.717) is 6.10 Å². The second-order valence-corrected chi connectivity index (χ2v) is 3.62. The molecule has 1 aliphatic rings. The van der Waals surface area contributed by atoms with E-state index in [1.807, 2.05) is 0 Å². The minimum Gasteiger partial charge on any atom is -0.346 e. The highest BCUT2D eigenvalue weighted by molar-refractivity contribution is 14.2. The van der Waals surface area contributed by atoms with Crippen LogP contribution < -0.4 is 5.32 Å². The van der Waals surface area contributed by atoms with E-state index in [1.54, 1.807) is 0 Å². The molecule has 4 heteroatoms. The first-order valence-corrected chi connectivity index (χ1v) is 6.47. The number of nitrogens with two attached hydrogens (primary N) is 1. The molecule has 1 saturated heterocycles. The van der Waals surface area contributed by atoms with Gasteiger partial charge in [-0.2, -0.15) is 0 Å². The van der Waals surface area contributed by atoms with Crippen molar-refractivity contribution in [2.75, 3.05) is 13.1 Å². The van der Waals surface area contributed by atoms with Gasteiger partial charge in [-0.1, -0.05) is 0 Å². The van der Waals surface area contributed by atoms with Gasteiger partial charge in [0.15, 0.2) is 0 Å². The summed E-state index contributed by atoms with van der Waals surface area (Å²) in [4.78, 5) is 0. The summed E-state index contributed by atoms with van der Waals surface area (Å²) in [7, 11) is 1.46. The van der Waals surface area contributed by atoms with Gasteiger partial charge in [0, 0.05) is 34.0 Å². The molecule has 0 amide bonds. The lowest BCUT2D eigenvalue weighted by atomic mass is 10.1. The van der Waals surface area contributed by atoms with Crippen molar-refractivity contribution in [1.29, 1.82) is 0 Å². The van der Waals surface area contributed by atoms with Crippen LogP contribution >= 0.6 is 30.4 Å². The van der Waals surface area contributed by atoms with Crippen LogP contribution in [0.4, 0.5) is 0 Å². The molecular weight excluding hydrogens is 249 g/mol. The molecule has 0 aromatic heterocycles. The molecule has 54 valence electrons. The third-order valence-corrected chi connectivity index (χ3v) is 2.53. The zero-order valence-corrected chi connectivity index (χ0v) is 8.15. The number of halogens is 1. The van der Waals surface area contributed by atoms with E-state index in [9.17, 15) is 0 Å². The summed E-state index contributed by atoms with van der Waals surface area (Å²) in [6, 6.07) is 0. The first kappa shape index (κ1) is 8.10. The molecule has 2 nitrogen and oxygen atoms in total. The lowest BCUT2D eigenvalue weighted by molar-refractivity contribution is -0.664. The molecule has 0 aliphatic carbocycles. The Bertz CT molecular complexity index is 74.6. The molecule has 1 fully saturated rings. The van der Waals surface area contributed by atoms with Crippen molar-refractivity contribution < 1.29 is 9.50 Å². The molecule has 0 bridgehead atoms. The molecule has 0 unspecified atom stereocenters. The fourth-order valence-electron chi connectivity index (χ4n) is 1.04. The number of piperidine rings is 1. The number of hydrogen-bond donors (Lipinski definition) is 1. The molecule has 1 aliphatic heterocycles. The zero-order valence-electron chi connectivity index (χ0n) is 5.18. The maximum absolute atomic E-state index is 5.37. The molecule has 0 aromatic rings. The van der Waals surface area contributed by atoms with Gasteiger partial charge < -0.3 is 9.50 Å². The summed E-state index contributed by atoms with van der Waals surface area (Å²) in [6.07, 6.45) is 2.96. The summed E-state index contributed by atoms with van der Waals surface area (Å²) in [5, 5.41) is 2.34. The standard InChI is InChI=1S/C5H10INOS/c6-9-8-5-1-3-7-4-2-5/h5,7H,1-4H2/p+1. The SMILES string of the molecule is ISOC1CC[NH2+]CC1. The molecule has 0 saturated carbocycles. The molecule has 2 N–H and O–H groups in total. The quantitative estimate of drug-likeness (QED) is 0.585. The largest absolute Gasteiger partial charge is 0.346 e. The minimum absolute atomic E-state index is 0.525. The van der Waals surface area contributed by atoms with Gasteiger partial charge in [-0.15, -0.1) is 0 Å². The van der Waals surface area contributed by atoms with Crippen molar-refractivity contribution in [3.63, 3.8) is 0 Å². The van der Waals surface area contributed by atoms with Crippen LogP contribution in [-0.4, -0.2) is 19.2 Å². The molecule has 0 aromatic carbocycles. The van der Waals surface area contributed by atoms with Gasteiger partial charge in [-0.3, -0.25) is 0 Å². The average Bonchev–Trinajstić information content (AvgIpc) is 1.91. The van der Waals surface area contributed by atoms with Crippen LogP contribution in [-0.2, 0) is 4.18 Å². The molecule has 1 heterocycles. The van der Waals surface area contributed by atoms with Crippen LogP contribution in [0.15, 0.2) is 0 Å². The van der Waals surface area contributed by atoms with E-state index in [4.69, 9.17) is 4.18 Å². The van der Waals surface area contributed by atoms with Crippen LogP contribution in [0, 0.1) is 0 Å². The number of rotatable bonds is 2. The van der Waals surface area contributed by atoms with E-state index in [1.165, 1.54) is 35.1 Å². The van der Waals surface area contributed by atoms with Crippen LogP contribution in [0.2, 0.25) is 0 Å². The molecule has 0 radical (unpaired) electrons. The van der Waals surface area contributed by atoms with Crippen molar-refractivity contribution in [2.45, 2.75) is 18.9 Å². The van der Waals surface area contributed by atoms with Gasteiger partial charge in [0.05, 0.1) is 28.4 Å². The number of hydrogen-bond acceptors (Lipinski definition) is 2. The van der Waals surface area contributed by atoms with Gasteiger partial charge in [0.1, 0.15) is 0 Å². The predicted molar refractivity (Wildman–Crippen MR) is 47.4 cm³/mol. The van der Waals surface area contributed by atoms with Crippen LogP contribution in [0.25, 0.3) is 0 Å². The van der Waals surface area contributed by atoms with Crippen molar-refractivity contribution in [1.82, 2.24) is 0 Å².